The molecule has 2 saturated carbocycles. The molecular formula is C16H31N. The summed E-state index contributed by atoms with van der Waals surface area (Å²) in [6, 6.07) is 0.810. The summed E-state index contributed by atoms with van der Waals surface area (Å²) >= 11 is 0. The molecule has 0 aromatic carbocycles. The van der Waals surface area contributed by atoms with Crippen molar-refractivity contribution in [3.63, 3.8) is 0 Å². The molecule has 0 amide bonds. The molecule has 17 heavy (non-hydrogen) atoms. The molecule has 1 unspecified atom stereocenters. The molecule has 0 aromatic rings. The van der Waals surface area contributed by atoms with Gasteiger partial charge in [-0.15, -0.1) is 0 Å². The third kappa shape index (κ3) is 3.98. The minimum atomic E-state index is 0.657. The van der Waals surface area contributed by atoms with Crippen LogP contribution in [0.15, 0.2) is 0 Å². The van der Waals surface area contributed by atoms with Crippen molar-refractivity contribution in [3.05, 3.63) is 0 Å². The molecule has 0 saturated heterocycles. The second-order valence-electron chi connectivity index (χ2n) is 6.74. The van der Waals surface area contributed by atoms with E-state index in [4.69, 9.17) is 0 Å². The van der Waals surface area contributed by atoms with Gasteiger partial charge in [-0.3, -0.25) is 0 Å². The highest BCUT2D eigenvalue weighted by Gasteiger charge is 2.44. The quantitative estimate of drug-likeness (QED) is 0.686. The predicted octanol–water partition coefficient (Wildman–Crippen LogP) is 4.52. The Balaban J connectivity index is 1.72. The normalized spacial score (nSPS) is 25.8. The molecule has 1 atom stereocenters. The van der Waals surface area contributed by atoms with Crippen LogP contribution in [0.1, 0.15) is 78.1 Å². The highest BCUT2D eigenvalue weighted by Crippen LogP contribution is 2.49. The maximum atomic E-state index is 3.81. The van der Waals surface area contributed by atoms with E-state index in [1.807, 2.05) is 0 Å². The first-order valence-corrected chi connectivity index (χ1v) is 7.98. The summed E-state index contributed by atoms with van der Waals surface area (Å²) in [5.41, 5.74) is 0.657. The SMILES string of the molecule is CCCNC(CCC1CCCCC1)C1(C)CC1. The molecule has 2 aliphatic rings. The zero-order valence-electron chi connectivity index (χ0n) is 11.9. The average molecular weight is 237 g/mol. The molecule has 0 spiro atoms. The molecule has 1 N–H and O–H groups in total. The maximum Gasteiger partial charge on any atom is 0.0121 e. The van der Waals surface area contributed by atoms with Crippen molar-refractivity contribution < 1.29 is 0 Å². The standard InChI is InChI=1S/C16H31N/c1-3-13-17-15(16(2)11-12-16)10-9-14-7-5-4-6-8-14/h14-15,17H,3-13H2,1-2H3. The topological polar surface area (TPSA) is 12.0 Å². The first kappa shape index (κ1) is 13.4. The zero-order chi connectivity index (χ0) is 12.1. The molecular weight excluding hydrogens is 206 g/mol. The first-order chi connectivity index (χ1) is 8.24. The molecule has 0 radical (unpaired) electrons. The molecule has 0 aliphatic heterocycles. The Morgan fingerprint density at radius 3 is 2.47 bits per heavy atom. The Labute approximate surface area is 108 Å². The summed E-state index contributed by atoms with van der Waals surface area (Å²) < 4.78 is 0. The summed E-state index contributed by atoms with van der Waals surface area (Å²) in [6.07, 6.45) is 14.6. The molecule has 0 bridgehead atoms. The van der Waals surface area contributed by atoms with Gasteiger partial charge in [-0.25, -0.2) is 0 Å². The lowest BCUT2D eigenvalue weighted by atomic mass is 9.83. The van der Waals surface area contributed by atoms with Gasteiger partial charge in [0.2, 0.25) is 0 Å². The molecule has 1 nitrogen and oxygen atoms in total. The molecule has 2 rings (SSSR count). The Hall–Kier alpha value is -0.0400. The van der Waals surface area contributed by atoms with Crippen molar-refractivity contribution in [1.82, 2.24) is 5.32 Å². The number of hydrogen-bond acceptors (Lipinski definition) is 1. The van der Waals surface area contributed by atoms with E-state index in [1.54, 1.807) is 0 Å². The van der Waals surface area contributed by atoms with Gasteiger partial charge in [-0.1, -0.05) is 46.0 Å². The van der Waals surface area contributed by atoms with Crippen LogP contribution in [0.3, 0.4) is 0 Å². The van der Waals surface area contributed by atoms with Gasteiger partial charge in [0, 0.05) is 6.04 Å². The summed E-state index contributed by atoms with van der Waals surface area (Å²) in [5.74, 6) is 1.05. The highest BCUT2D eigenvalue weighted by molar-refractivity contribution is 4.98. The van der Waals surface area contributed by atoms with Gasteiger partial charge < -0.3 is 5.32 Å². The van der Waals surface area contributed by atoms with Gasteiger partial charge >= 0.3 is 0 Å². The van der Waals surface area contributed by atoms with E-state index in [9.17, 15) is 0 Å². The van der Waals surface area contributed by atoms with Crippen LogP contribution in [0.2, 0.25) is 0 Å². The van der Waals surface area contributed by atoms with Crippen molar-refractivity contribution in [2.45, 2.75) is 84.1 Å². The third-order valence-corrected chi connectivity index (χ3v) is 5.11. The number of rotatable bonds is 7. The van der Waals surface area contributed by atoms with Crippen molar-refractivity contribution in [1.29, 1.82) is 0 Å². The molecule has 2 fully saturated rings. The van der Waals surface area contributed by atoms with E-state index in [2.05, 4.69) is 19.2 Å². The minimum Gasteiger partial charge on any atom is -0.313 e. The number of hydrogen-bond donors (Lipinski definition) is 1. The van der Waals surface area contributed by atoms with Crippen LogP contribution in [0.25, 0.3) is 0 Å². The zero-order valence-corrected chi connectivity index (χ0v) is 11.9. The van der Waals surface area contributed by atoms with Crippen LogP contribution >= 0.6 is 0 Å². The smallest absolute Gasteiger partial charge is 0.0121 e. The molecule has 100 valence electrons. The van der Waals surface area contributed by atoms with E-state index < -0.39 is 0 Å². The summed E-state index contributed by atoms with van der Waals surface area (Å²) in [6.45, 7) is 5.98. The van der Waals surface area contributed by atoms with Gasteiger partial charge in [-0.2, -0.15) is 0 Å². The van der Waals surface area contributed by atoms with Gasteiger partial charge in [0.1, 0.15) is 0 Å². The van der Waals surface area contributed by atoms with Crippen molar-refractivity contribution in [3.8, 4) is 0 Å². The molecule has 1 heteroatoms. The van der Waals surface area contributed by atoms with Crippen LogP contribution in [0.5, 0.6) is 0 Å². The first-order valence-electron chi connectivity index (χ1n) is 7.98. The Kier molecular flexibility index (Phi) is 4.90. The Bertz CT molecular complexity index is 214. The van der Waals surface area contributed by atoms with E-state index in [1.165, 1.54) is 70.8 Å². The molecule has 0 aromatic heterocycles. The van der Waals surface area contributed by atoms with Crippen LogP contribution in [0.4, 0.5) is 0 Å². The van der Waals surface area contributed by atoms with E-state index in [-0.39, 0.29) is 0 Å². The highest BCUT2D eigenvalue weighted by atomic mass is 14.9. The lowest BCUT2D eigenvalue weighted by molar-refractivity contribution is 0.274. The predicted molar refractivity (Wildman–Crippen MR) is 75.2 cm³/mol. The number of nitrogens with one attached hydrogen (secondary N) is 1. The second-order valence-corrected chi connectivity index (χ2v) is 6.74. The van der Waals surface area contributed by atoms with E-state index in [0.717, 1.165) is 12.0 Å². The van der Waals surface area contributed by atoms with Crippen LogP contribution in [-0.4, -0.2) is 12.6 Å². The lowest BCUT2D eigenvalue weighted by Crippen LogP contribution is -2.37. The van der Waals surface area contributed by atoms with E-state index >= 15 is 0 Å². The van der Waals surface area contributed by atoms with Crippen molar-refractivity contribution >= 4 is 0 Å². The fourth-order valence-corrected chi connectivity index (χ4v) is 3.44. The molecule has 2 aliphatic carbocycles. The Morgan fingerprint density at radius 1 is 1.18 bits per heavy atom. The van der Waals surface area contributed by atoms with Gasteiger partial charge in [0.15, 0.2) is 0 Å². The average Bonchev–Trinajstić information content (AvgIpc) is 3.09. The van der Waals surface area contributed by atoms with Crippen molar-refractivity contribution in [2.75, 3.05) is 6.54 Å². The van der Waals surface area contributed by atoms with Gasteiger partial charge in [0.05, 0.1) is 0 Å². The van der Waals surface area contributed by atoms with Gasteiger partial charge in [0.25, 0.3) is 0 Å². The Morgan fingerprint density at radius 2 is 1.88 bits per heavy atom. The summed E-state index contributed by atoms with van der Waals surface area (Å²) in [7, 11) is 0. The van der Waals surface area contributed by atoms with Crippen molar-refractivity contribution in [2.24, 2.45) is 11.3 Å². The van der Waals surface area contributed by atoms with Crippen LogP contribution < -0.4 is 5.32 Å². The fourth-order valence-electron chi connectivity index (χ4n) is 3.44. The van der Waals surface area contributed by atoms with E-state index in [0.29, 0.717) is 5.41 Å². The minimum absolute atomic E-state index is 0.657. The van der Waals surface area contributed by atoms with Crippen LogP contribution in [-0.2, 0) is 0 Å². The summed E-state index contributed by atoms with van der Waals surface area (Å²) in [4.78, 5) is 0. The third-order valence-electron chi connectivity index (χ3n) is 5.11. The largest absolute Gasteiger partial charge is 0.313 e. The second kappa shape index (κ2) is 6.22. The fraction of sp³-hybridized carbons (Fsp3) is 1.00. The van der Waals surface area contributed by atoms with Gasteiger partial charge in [-0.05, 0) is 50.0 Å². The molecule has 0 heterocycles. The van der Waals surface area contributed by atoms with Crippen LogP contribution in [0, 0.1) is 11.3 Å². The monoisotopic (exact) mass is 237 g/mol. The maximum absolute atomic E-state index is 3.81. The summed E-state index contributed by atoms with van der Waals surface area (Å²) in [5, 5.41) is 3.81. The lowest BCUT2D eigenvalue weighted by Gasteiger charge is -2.28.